The summed E-state index contributed by atoms with van der Waals surface area (Å²) in [6, 6.07) is 5.74. The monoisotopic (exact) mass is 268 g/mol. The van der Waals surface area contributed by atoms with Crippen LogP contribution in [-0.2, 0) is 0 Å². The molecule has 0 saturated carbocycles. The van der Waals surface area contributed by atoms with Crippen molar-refractivity contribution < 1.29 is 9.18 Å². The summed E-state index contributed by atoms with van der Waals surface area (Å²) in [7, 11) is 0. The second-order valence-corrected chi connectivity index (χ2v) is 4.41. The van der Waals surface area contributed by atoms with Crippen LogP contribution in [0.25, 0.3) is 0 Å². The van der Waals surface area contributed by atoms with Gasteiger partial charge in [-0.25, -0.2) is 4.39 Å². The zero-order valence-electron chi connectivity index (χ0n) is 10.3. The van der Waals surface area contributed by atoms with E-state index >= 15 is 0 Å². The van der Waals surface area contributed by atoms with Gasteiger partial charge in [-0.1, -0.05) is 11.6 Å². The molecule has 1 aromatic rings. The first-order chi connectivity index (χ1) is 8.49. The highest BCUT2D eigenvalue weighted by Crippen LogP contribution is 2.19. The van der Waals surface area contributed by atoms with Gasteiger partial charge in [-0.15, -0.1) is 0 Å². The first-order valence-electron chi connectivity index (χ1n) is 5.63. The summed E-state index contributed by atoms with van der Waals surface area (Å²) >= 11 is 5.84. The third-order valence-corrected chi connectivity index (χ3v) is 2.86. The molecule has 18 heavy (non-hydrogen) atoms. The fourth-order valence-corrected chi connectivity index (χ4v) is 1.81. The molecule has 0 spiro atoms. The van der Waals surface area contributed by atoms with Gasteiger partial charge in [-0.3, -0.25) is 4.79 Å². The lowest BCUT2D eigenvalue weighted by atomic mass is 10.1. The molecule has 0 radical (unpaired) electrons. The van der Waals surface area contributed by atoms with E-state index in [0.29, 0.717) is 13.1 Å². The molecule has 96 valence electrons. The fraction of sp³-hybridized carbons (Fsp3) is 0.385. The number of carbonyl (C=O) groups is 1. The highest BCUT2D eigenvalue weighted by molar-refractivity contribution is 6.33. The second kappa shape index (κ2) is 6.36. The number of rotatable bonds is 4. The van der Waals surface area contributed by atoms with Crippen molar-refractivity contribution in [1.29, 1.82) is 5.26 Å². The summed E-state index contributed by atoms with van der Waals surface area (Å²) in [5.41, 5.74) is 0.255. The van der Waals surface area contributed by atoms with Crippen LogP contribution in [0.2, 0.25) is 5.02 Å². The highest BCUT2D eigenvalue weighted by Gasteiger charge is 2.19. The van der Waals surface area contributed by atoms with Crippen LogP contribution < -0.4 is 0 Å². The van der Waals surface area contributed by atoms with Crippen molar-refractivity contribution >= 4 is 17.5 Å². The Morgan fingerprint density at radius 3 is 2.78 bits per heavy atom. The average Bonchev–Trinajstić information content (AvgIpc) is 2.34. The molecule has 1 amide bonds. The van der Waals surface area contributed by atoms with Gasteiger partial charge in [0.15, 0.2) is 0 Å². The predicted octanol–water partition coefficient (Wildman–Crippen LogP) is 3.10. The zero-order chi connectivity index (χ0) is 13.7. The maximum atomic E-state index is 12.9. The van der Waals surface area contributed by atoms with Crippen LogP contribution >= 0.6 is 11.6 Å². The molecule has 0 fully saturated rings. The third-order valence-electron chi connectivity index (χ3n) is 2.55. The van der Waals surface area contributed by atoms with Gasteiger partial charge in [0, 0.05) is 13.1 Å². The minimum Gasteiger partial charge on any atom is -0.338 e. The van der Waals surface area contributed by atoms with Crippen molar-refractivity contribution in [2.75, 3.05) is 13.1 Å². The molecule has 0 aliphatic heterocycles. The Labute approximate surface area is 111 Å². The molecular weight excluding hydrogens is 255 g/mol. The average molecular weight is 269 g/mol. The van der Waals surface area contributed by atoms with Crippen LogP contribution in [0.1, 0.15) is 24.2 Å². The first kappa shape index (κ1) is 14.5. The van der Waals surface area contributed by atoms with Gasteiger partial charge in [-0.2, -0.15) is 5.26 Å². The molecule has 0 aliphatic rings. The molecular formula is C13H14ClFN2O. The molecule has 0 saturated heterocycles. The number of hydrogen-bond donors (Lipinski definition) is 0. The summed E-state index contributed by atoms with van der Waals surface area (Å²) in [6.07, 6.45) is 0. The zero-order valence-corrected chi connectivity index (χ0v) is 11.0. The van der Waals surface area contributed by atoms with E-state index in [-0.39, 0.29) is 22.4 Å². The number of benzene rings is 1. The van der Waals surface area contributed by atoms with E-state index in [4.69, 9.17) is 16.9 Å². The van der Waals surface area contributed by atoms with Crippen molar-refractivity contribution in [3.8, 4) is 6.07 Å². The maximum absolute atomic E-state index is 12.9. The second-order valence-electron chi connectivity index (χ2n) is 4.00. The Morgan fingerprint density at radius 1 is 1.61 bits per heavy atom. The number of hydrogen-bond acceptors (Lipinski definition) is 2. The summed E-state index contributed by atoms with van der Waals surface area (Å²) < 4.78 is 12.9. The highest BCUT2D eigenvalue weighted by atomic mass is 35.5. The lowest BCUT2D eigenvalue weighted by molar-refractivity contribution is 0.0753. The maximum Gasteiger partial charge on any atom is 0.255 e. The Kier molecular flexibility index (Phi) is 5.11. The van der Waals surface area contributed by atoms with E-state index < -0.39 is 5.82 Å². The predicted molar refractivity (Wildman–Crippen MR) is 67.8 cm³/mol. The largest absolute Gasteiger partial charge is 0.338 e. The molecule has 0 bridgehead atoms. The number of amides is 1. The third kappa shape index (κ3) is 3.44. The van der Waals surface area contributed by atoms with Gasteiger partial charge in [0.25, 0.3) is 5.91 Å². The topological polar surface area (TPSA) is 44.1 Å². The SMILES string of the molecule is CCN(C[C@H](C)C#N)C(=O)c1ccc(F)cc1Cl. The Morgan fingerprint density at radius 2 is 2.28 bits per heavy atom. The Hall–Kier alpha value is -1.60. The molecule has 0 unspecified atom stereocenters. The van der Waals surface area contributed by atoms with Crippen LogP contribution in [0.3, 0.4) is 0 Å². The van der Waals surface area contributed by atoms with E-state index in [1.54, 1.807) is 6.92 Å². The van der Waals surface area contributed by atoms with Crippen molar-refractivity contribution in [3.05, 3.63) is 34.6 Å². The number of carbonyl (C=O) groups excluding carboxylic acids is 1. The quantitative estimate of drug-likeness (QED) is 0.842. The minimum absolute atomic E-state index is 0.0862. The van der Waals surface area contributed by atoms with Crippen LogP contribution in [0.4, 0.5) is 4.39 Å². The normalized spacial score (nSPS) is 11.7. The van der Waals surface area contributed by atoms with Gasteiger partial charge in [0.05, 0.1) is 22.6 Å². The van der Waals surface area contributed by atoms with E-state index in [0.717, 1.165) is 6.07 Å². The molecule has 1 atom stereocenters. The Balaban J connectivity index is 2.94. The van der Waals surface area contributed by atoms with E-state index in [1.807, 2.05) is 6.92 Å². The van der Waals surface area contributed by atoms with Gasteiger partial charge in [0.1, 0.15) is 5.82 Å². The molecule has 5 heteroatoms. The van der Waals surface area contributed by atoms with Crippen molar-refractivity contribution in [2.24, 2.45) is 5.92 Å². The van der Waals surface area contributed by atoms with Crippen molar-refractivity contribution in [1.82, 2.24) is 4.90 Å². The summed E-state index contributed by atoms with van der Waals surface area (Å²) in [5, 5.41) is 8.85. The first-order valence-corrected chi connectivity index (χ1v) is 6.01. The van der Waals surface area contributed by atoms with Crippen LogP contribution in [0, 0.1) is 23.1 Å². The van der Waals surface area contributed by atoms with Gasteiger partial charge >= 0.3 is 0 Å². The van der Waals surface area contributed by atoms with Crippen LogP contribution in [0.5, 0.6) is 0 Å². The fourth-order valence-electron chi connectivity index (χ4n) is 1.56. The van der Waals surface area contributed by atoms with Gasteiger partial charge in [0.2, 0.25) is 0 Å². The number of halogens is 2. The molecule has 0 aliphatic carbocycles. The van der Waals surface area contributed by atoms with Crippen LogP contribution in [-0.4, -0.2) is 23.9 Å². The Bertz CT molecular complexity index is 484. The lowest BCUT2D eigenvalue weighted by Gasteiger charge is -2.22. The van der Waals surface area contributed by atoms with Gasteiger partial charge < -0.3 is 4.90 Å². The molecule has 0 aromatic heterocycles. The van der Waals surface area contributed by atoms with Gasteiger partial charge in [-0.05, 0) is 32.0 Å². The molecule has 0 heterocycles. The summed E-state index contributed by atoms with van der Waals surface area (Å²) in [5.74, 6) is -1.03. The van der Waals surface area contributed by atoms with Crippen LogP contribution in [0.15, 0.2) is 18.2 Å². The number of nitriles is 1. The minimum atomic E-state index is -0.481. The summed E-state index contributed by atoms with van der Waals surface area (Å²) in [6.45, 7) is 4.36. The van der Waals surface area contributed by atoms with E-state index in [9.17, 15) is 9.18 Å². The number of nitrogens with zero attached hydrogens (tertiary/aromatic N) is 2. The van der Waals surface area contributed by atoms with E-state index in [2.05, 4.69) is 6.07 Å². The molecule has 1 aromatic carbocycles. The molecule has 1 rings (SSSR count). The molecule has 0 N–H and O–H groups in total. The van der Waals surface area contributed by atoms with E-state index in [1.165, 1.54) is 17.0 Å². The van der Waals surface area contributed by atoms with Crippen molar-refractivity contribution in [3.63, 3.8) is 0 Å². The lowest BCUT2D eigenvalue weighted by Crippen LogP contribution is -2.34. The standard InChI is InChI=1S/C13H14ClFN2O/c1-3-17(8-9(2)7-16)13(18)11-5-4-10(15)6-12(11)14/h4-6,9H,3,8H2,1-2H3/t9-/m1/s1. The smallest absolute Gasteiger partial charge is 0.255 e. The van der Waals surface area contributed by atoms with Crippen molar-refractivity contribution in [2.45, 2.75) is 13.8 Å². The molecule has 3 nitrogen and oxygen atoms in total. The summed E-state index contributed by atoms with van der Waals surface area (Å²) in [4.78, 5) is 13.7.